The van der Waals surface area contributed by atoms with Crippen LogP contribution in [0.3, 0.4) is 0 Å². The van der Waals surface area contributed by atoms with Gasteiger partial charge in [-0.15, -0.1) is 17.9 Å². The molecule has 0 aliphatic rings. The van der Waals surface area contributed by atoms with E-state index in [0.717, 1.165) is 11.1 Å². The summed E-state index contributed by atoms with van der Waals surface area (Å²) in [7, 11) is 0. The maximum atomic E-state index is 13.3. The number of thioether (sulfide) groups is 1. The van der Waals surface area contributed by atoms with E-state index in [4.69, 9.17) is 4.98 Å². The number of rotatable bonds is 7. The van der Waals surface area contributed by atoms with Gasteiger partial charge in [0.25, 0.3) is 5.56 Å². The zero-order chi connectivity index (χ0) is 20.3. The molecule has 28 heavy (non-hydrogen) atoms. The third kappa shape index (κ3) is 4.20. The summed E-state index contributed by atoms with van der Waals surface area (Å²) in [5.41, 5.74) is 1.77. The Labute approximate surface area is 172 Å². The quantitative estimate of drug-likeness (QED) is 0.356. The summed E-state index contributed by atoms with van der Waals surface area (Å²) in [5, 5.41) is 5.65. The number of aromatic nitrogens is 2. The summed E-state index contributed by atoms with van der Waals surface area (Å²) in [6, 6.07) is 9.89. The van der Waals surface area contributed by atoms with E-state index < -0.39 is 0 Å². The highest BCUT2D eigenvalue weighted by molar-refractivity contribution is 8.00. The molecule has 0 aliphatic heterocycles. The second-order valence-corrected chi connectivity index (χ2v) is 8.88. The van der Waals surface area contributed by atoms with Crippen LogP contribution in [-0.4, -0.2) is 26.8 Å². The first kappa shape index (κ1) is 20.4. The summed E-state index contributed by atoms with van der Waals surface area (Å²) in [5.74, 6) is -0.0735. The lowest BCUT2D eigenvalue weighted by molar-refractivity contribution is -0.120. The Hall–Kier alpha value is -2.38. The van der Waals surface area contributed by atoms with Crippen molar-refractivity contribution in [1.82, 2.24) is 14.9 Å². The molecule has 0 aliphatic carbocycles. The van der Waals surface area contributed by atoms with Crippen molar-refractivity contribution in [2.24, 2.45) is 0 Å². The molecule has 3 rings (SSSR count). The average Bonchev–Trinajstić information content (AvgIpc) is 3.09. The van der Waals surface area contributed by atoms with Crippen molar-refractivity contribution in [2.75, 3.05) is 0 Å². The van der Waals surface area contributed by atoms with E-state index in [1.165, 1.54) is 23.1 Å². The SMILES string of the molecule is C=CCn1c(SC(C)C(=O)NC(C)C)nc2scc(-c3ccccc3)c2c1=O. The molecular weight excluding hydrogens is 390 g/mol. The smallest absolute Gasteiger partial charge is 0.263 e. The van der Waals surface area contributed by atoms with Crippen molar-refractivity contribution in [2.45, 2.75) is 43.8 Å². The third-order valence-corrected chi connectivity index (χ3v) is 6.10. The first-order valence-electron chi connectivity index (χ1n) is 9.07. The van der Waals surface area contributed by atoms with Crippen LogP contribution in [0.5, 0.6) is 0 Å². The molecule has 0 bridgehead atoms. The van der Waals surface area contributed by atoms with E-state index in [2.05, 4.69) is 11.9 Å². The molecule has 3 aromatic rings. The number of nitrogens with zero attached hydrogens (tertiary/aromatic N) is 2. The van der Waals surface area contributed by atoms with Gasteiger partial charge in [0, 0.05) is 23.5 Å². The Kier molecular flexibility index (Phi) is 6.36. The lowest BCUT2D eigenvalue weighted by Gasteiger charge is -2.16. The van der Waals surface area contributed by atoms with E-state index in [9.17, 15) is 9.59 Å². The van der Waals surface area contributed by atoms with Crippen LogP contribution in [0.1, 0.15) is 20.8 Å². The highest BCUT2D eigenvalue weighted by Crippen LogP contribution is 2.32. The van der Waals surface area contributed by atoms with Crippen molar-refractivity contribution in [1.29, 1.82) is 0 Å². The summed E-state index contributed by atoms with van der Waals surface area (Å²) in [4.78, 5) is 31.0. The third-order valence-electron chi connectivity index (χ3n) is 4.14. The molecule has 2 aromatic heterocycles. The van der Waals surface area contributed by atoms with E-state index in [1.54, 1.807) is 10.6 Å². The predicted molar refractivity (Wildman–Crippen MR) is 118 cm³/mol. The standard InChI is InChI=1S/C21H23N3O2S2/c1-5-11-24-20(26)17-16(15-9-7-6-8-10-15)12-27-19(17)23-21(24)28-14(4)18(25)22-13(2)3/h5-10,12-14H,1,11H2,2-4H3,(H,22,25). The Morgan fingerprint density at radius 2 is 2.04 bits per heavy atom. The van der Waals surface area contributed by atoms with Crippen LogP contribution < -0.4 is 10.9 Å². The van der Waals surface area contributed by atoms with Gasteiger partial charge in [-0.2, -0.15) is 0 Å². The number of fused-ring (bicyclic) bond motifs is 1. The molecule has 5 nitrogen and oxygen atoms in total. The largest absolute Gasteiger partial charge is 0.353 e. The van der Waals surface area contributed by atoms with Crippen LogP contribution in [-0.2, 0) is 11.3 Å². The molecule has 2 heterocycles. The molecule has 1 amide bonds. The second kappa shape index (κ2) is 8.75. The number of nitrogens with one attached hydrogen (secondary N) is 1. The normalized spacial score (nSPS) is 12.3. The van der Waals surface area contributed by atoms with Gasteiger partial charge in [-0.05, 0) is 26.3 Å². The van der Waals surface area contributed by atoms with E-state index >= 15 is 0 Å². The Morgan fingerprint density at radius 3 is 2.68 bits per heavy atom. The van der Waals surface area contributed by atoms with Crippen LogP contribution in [0.4, 0.5) is 0 Å². The number of carbonyl (C=O) groups excluding carboxylic acids is 1. The zero-order valence-electron chi connectivity index (χ0n) is 16.1. The first-order chi connectivity index (χ1) is 13.4. The van der Waals surface area contributed by atoms with Gasteiger partial charge in [-0.25, -0.2) is 4.98 Å². The maximum Gasteiger partial charge on any atom is 0.263 e. The van der Waals surface area contributed by atoms with Crippen LogP contribution >= 0.6 is 23.1 Å². The summed E-state index contributed by atoms with van der Waals surface area (Å²) < 4.78 is 1.60. The Bertz CT molecular complexity index is 1050. The van der Waals surface area contributed by atoms with E-state index in [-0.39, 0.29) is 22.8 Å². The number of allylic oxidation sites excluding steroid dienone is 1. The summed E-state index contributed by atoms with van der Waals surface area (Å²) >= 11 is 2.74. The molecule has 0 fully saturated rings. The molecule has 0 radical (unpaired) electrons. The van der Waals surface area contributed by atoms with Gasteiger partial charge in [-0.1, -0.05) is 48.2 Å². The predicted octanol–water partition coefficient (Wildman–Crippen LogP) is 4.32. The van der Waals surface area contributed by atoms with Crippen molar-refractivity contribution >= 4 is 39.2 Å². The fourth-order valence-electron chi connectivity index (χ4n) is 2.83. The number of amides is 1. The minimum atomic E-state index is -0.364. The minimum Gasteiger partial charge on any atom is -0.353 e. The number of carbonyl (C=O) groups is 1. The molecule has 0 saturated heterocycles. The molecule has 7 heteroatoms. The molecule has 146 valence electrons. The molecular formula is C21H23N3O2S2. The summed E-state index contributed by atoms with van der Waals surface area (Å²) in [6.07, 6.45) is 1.67. The molecule has 1 aromatic carbocycles. The molecule has 0 spiro atoms. The molecule has 0 saturated carbocycles. The van der Waals surface area contributed by atoms with E-state index in [0.29, 0.717) is 21.9 Å². The Balaban J connectivity index is 2.07. The topological polar surface area (TPSA) is 64.0 Å². The second-order valence-electron chi connectivity index (χ2n) is 6.72. The van der Waals surface area contributed by atoms with Gasteiger partial charge in [0.15, 0.2) is 5.16 Å². The van der Waals surface area contributed by atoms with Gasteiger partial charge >= 0.3 is 0 Å². The van der Waals surface area contributed by atoms with Crippen molar-refractivity contribution < 1.29 is 4.79 Å². The molecule has 1 atom stereocenters. The molecule has 1 unspecified atom stereocenters. The van der Waals surface area contributed by atoms with Gasteiger partial charge in [0.1, 0.15) is 4.83 Å². The highest BCUT2D eigenvalue weighted by atomic mass is 32.2. The number of benzene rings is 1. The minimum absolute atomic E-state index is 0.0621. The van der Waals surface area contributed by atoms with Crippen LogP contribution in [0.2, 0.25) is 0 Å². The van der Waals surface area contributed by atoms with Gasteiger partial charge in [-0.3, -0.25) is 14.2 Å². The average molecular weight is 414 g/mol. The fourth-order valence-corrected chi connectivity index (χ4v) is 4.74. The number of hydrogen-bond acceptors (Lipinski definition) is 5. The summed E-state index contributed by atoms with van der Waals surface area (Å²) in [6.45, 7) is 9.77. The fraction of sp³-hybridized carbons (Fsp3) is 0.286. The first-order valence-corrected chi connectivity index (χ1v) is 10.8. The Morgan fingerprint density at radius 1 is 1.32 bits per heavy atom. The molecule has 1 N–H and O–H groups in total. The van der Waals surface area contributed by atoms with Gasteiger partial charge in [0.2, 0.25) is 5.91 Å². The monoisotopic (exact) mass is 413 g/mol. The van der Waals surface area contributed by atoms with Crippen LogP contribution in [0, 0.1) is 0 Å². The van der Waals surface area contributed by atoms with Crippen molar-refractivity contribution in [3.63, 3.8) is 0 Å². The van der Waals surface area contributed by atoms with Crippen molar-refractivity contribution in [3.05, 3.63) is 58.7 Å². The van der Waals surface area contributed by atoms with Crippen LogP contribution in [0.25, 0.3) is 21.3 Å². The lowest BCUT2D eigenvalue weighted by atomic mass is 10.1. The van der Waals surface area contributed by atoms with Gasteiger partial charge in [0.05, 0.1) is 10.6 Å². The van der Waals surface area contributed by atoms with Crippen molar-refractivity contribution in [3.8, 4) is 11.1 Å². The highest BCUT2D eigenvalue weighted by Gasteiger charge is 2.21. The van der Waals surface area contributed by atoms with Gasteiger partial charge < -0.3 is 5.32 Å². The zero-order valence-corrected chi connectivity index (χ0v) is 17.8. The maximum absolute atomic E-state index is 13.3. The van der Waals surface area contributed by atoms with E-state index in [1.807, 2.05) is 56.5 Å². The van der Waals surface area contributed by atoms with Crippen LogP contribution in [0.15, 0.2) is 58.3 Å². The number of hydrogen-bond donors (Lipinski definition) is 1. The number of thiophene rings is 1. The lowest BCUT2D eigenvalue weighted by Crippen LogP contribution is -2.36.